The van der Waals surface area contributed by atoms with Crippen LogP contribution < -0.4 is 0 Å². The molecule has 0 amide bonds. The molecule has 111 heavy (non-hydrogen) atoms. The molecule has 0 saturated carbocycles. The Morgan fingerprint density at radius 1 is 0.252 bits per heavy atom. The molecular weight excluding hydrogens is 1430 g/mol. The van der Waals surface area contributed by atoms with Crippen molar-refractivity contribution in [2.45, 2.75) is 424 Å². The highest BCUT2D eigenvalue weighted by molar-refractivity contribution is 7.47. The van der Waals surface area contributed by atoms with E-state index >= 15 is 0 Å². The SMILES string of the molecule is CCCCC/C=C\C/C=C\C/C=C\C/C=C\CCCCCCCCCCCCCCCCCCCCCC(=O)OCC(O)COP(=O)(O)OCC(O)COP(=O)(O)OCC(COC(=O)CCCCCCCCCCC/C=C\C/C=C\C/C=C\C/C=C\CCCCC)OC(=O)CCCCCCC/C=C\CCCCCCCC. The molecule has 0 aliphatic rings. The van der Waals surface area contributed by atoms with Gasteiger partial charge in [-0.1, -0.05) is 361 Å². The molecule has 0 aromatic carbocycles. The van der Waals surface area contributed by atoms with Crippen molar-refractivity contribution in [2.24, 2.45) is 0 Å². The average molecular weight is 1600 g/mol. The zero-order chi connectivity index (χ0) is 80.8. The summed E-state index contributed by atoms with van der Waals surface area (Å²) in [5.41, 5.74) is 0. The maximum Gasteiger partial charge on any atom is 0.472 e. The number of esters is 3. The van der Waals surface area contributed by atoms with Crippen LogP contribution in [-0.2, 0) is 55.8 Å². The van der Waals surface area contributed by atoms with Crippen LogP contribution in [0.15, 0.2) is 109 Å². The molecule has 18 heteroatoms. The Hall–Kier alpha value is -3.79. The van der Waals surface area contributed by atoms with Crippen LogP contribution in [-0.4, -0.2) is 95.9 Å². The lowest BCUT2D eigenvalue weighted by molar-refractivity contribution is -0.161. The summed E-state index contributed by atoms with van der Waals surface area (Å²) in [6, 6.07) is 0. The number of phosphoric acid groups is 2. The summed E-state index contributed by atoms with van der Waals surface area (Å²) < 4.78 is 61.3. The number of ether oxygens (including phenoxy) is 3. The molecule has 0 aromatic rings. The molecular formula is C93H166O16P2. The molecule has 4 N–H and O–H groups in total. The summed E-state index contributed by atoms with van der Waals surface area (Å²) in [6.07, 6.45) is 103. The standard InChI is InChI=1S/C93H166O16P2/c1-4-7-10-13-16-19-22-25-28-30-32-34-36-38-39-40-41-42-43-44-45-46-47-49-51-52-54-56-59-61-64-67-70-73-76-79-91(96)103-82-88(94)83-105-110(99,100)106-84-89(95)85-107-111(101,102)108-87-90(109-93(98)81-78-75-72-69-66-63-58-27-24-21-18-15-12-9-6-3)86-104-92(97)80-77-74-71-68-65-62-60-57-55-53-50-48-37-35-33-31-29-26-23-20-17-14-11-8-5-2/h16-17,19-20,25-29,32-35,38-39,48,50,58,88-90,94-95H,4-15,18,21-24,30-31,36-37,40-47,49,51-57,59-87H2,1-3H3,(H,99,100)(H,101,102)/b19-16-,20-17-,28-25-,29-26-,34-32-,35-33-,39-38-,50-48-,58-27-. The Kier molecular flexibility index (Phi) is 82.7. The van der Waals surface area contributed by atoms with Crippen molar-refractivity contribution in [3.05, 3.63) is 109 Å². The summed E-state index contributed by atoms with van der Waals surface area (Å²) in [6.45, 7) is 2.67. The number of carbonyl (C=O) groups is 3. The minimum atomic E-state index is -4.94. The molecule has 0 saturated heterocycles. The molecule has 644 valence electrons. The minimum absolute atomic E-state index is 0.0942. The quantitative estimate of drug-likeness (QED) is 0.0146. The summed E-state index contributed by atoms with van der Waals surface area (Å²) in [5, 5.41) is 20.7. The molecule has 0 aliphatic heterocycles. The predicted octanol–water partition coefficient (Wildman–Crippen LogP) is 27.4. The number of unbranched alkanes of at least 4 members (excludes halogenated alkanes) is 45. The lowest BCUT2D eigenvalue weighted by Crippen LogP contribution is -2.30. The Balaban J connectivity index is 4.42. The van der Waals surface area contributed by atoms with Crippen molar-refractivity contribution < 1.29 is 75.8 Å². The first-order valence-electron chi connectivity index (χ1n) is 45.2. The molecule has 0 radical (unpaired) electrons. The fraction of sp³-hybridized carbons (Fsp3) is 0.774. The predicted molar refractivity (Wildman–Crippen MR) is 464 cm³/mol. The first-order valence-corrected chi connectivity index (χ1v) is 48.2. The Morgan fingerprint density at radius 2 is 0.450 bits per heavy atom. The summed E-state index contributed by atoms with van der Waals surface area (Å²) in [5.74, 6) is -1.57. The van der Waals surface area contributed by atoms with Gasteiger partial charge in [0, 0.05) is 19.3 Å². The van der Waals surface area contributed by atoms with Crippen molar-refractivity contribution >= 4 is 33.6 Å². The monoisotopic (exact) mass is 1600 g/mol. The van der Waals surface area contributed by atoms with Crippen LogP contribution in [0.4, 0.5) is 0 Å². The van der Waals surface area contributed by atoms with Crippen LogP contribution in [0.2, 0.25) is 0 Å². The van der Waals surface area contributed by atoms with Gasteiger partial charge in [-0.15, -0.1) is 0 Å². The van der Waals surface area contributed by atoms with Gasteiger partial charge in [0.05, 0.1) is 26.4 Å². The van der Waals surface area contributed by atoms with Gasteiger partial charge in [-0.25, -0.2) is 9.13 Å². The van der Waals surface area contributed by atoms with E-state index in [9.17, 15) is 43.5 Å². The van der Waals surface area contributed by atoms with Gasteiger partial charge in [0.2, 0.25) is 0 Å². The largest absolute Gasteiger partial charge is 0.472 e. The van der Waals surface area contributed by atoms with E-state index in [0.717, 1.165) is 128 Å². The van der Waals surface area contributed by atoms with E-state index in [-0.39, 0.29) is 19.3 Å². The van der Waals surface area contributed by atoms with Crippen LogP contribution in [0.1, 0.15) is 406 Å². The van der Waals surface area contributed by atoms with Crippen LogP contribution >= 0.6 is 15.6 Å². The van der Waals surface area contributed by atoms with E-state index < -0.39 is 91.5 Å². The van der Waals surface area contributed by atoms with Crippen molar-refractivity contribution in [2.75, 3.05) is 39.6 Å². The van der Waals surface area contributed by atoms with Crippen LogP contribution in [0.5, 0.6) is 0 Å². The van der Waals surface area contributed by atoms with Gasteiger partial charge < -0.3 is 34.2 Å². The number of aliphatic hydroxyl groups excluding tert-OH is 2. The van der Waals surface area contributed by atoms with E-state index in [1.807, 2.05) is 0 Å². The van der Waals surface area contributed by atoms with Crippen molar-refractivity contribution in [1.29, 1.82) is 0 Å². The summed E-state index contributed by atoms with van der Waals surface area (Å²) in [4.78, 5) is 58.8. The zero-order valence-corrected chi connectivity index (χ0v) is 72.7. The van der Waals surface area contributed by atoms with E-state index in [4.69, 9.17) is 32.3 Å². The average Bonchev–Trinajstić information content (AvgIpc) is 0.901. The number of phosphoric ester groups is 2. The normalized spacial score (nSPS) is 14.3. The maximum absolute atomic E-state index is 13.0. The van der Waals surface area contributed by atoms with Gasteiger partial charge in [-0.05, 0) is 135 Å². The summed E-state index contributed by atoms with van der Waals surface area (Å²) >= 11 is 0. The third kappa shape index (κ3) is 86.9. The second kappa shape index (κ2) is 85.6. The van der Waals surface area contributed by atoms with Crippen LogP contribution in [0, 0.1) is 0 Å². The van der Waals surface area contributed by atoms with Gasteiger partial charge in [0.25, 0.3) is 0 Å². The topological polar surface area (TPSA) is 231 Å². The van der Waals surface area contributed by atoms with E-state index in [1.54, 1.807) is 0 Å². The number of carbonyl (C=O) groups excluding carboxylic acids is 3. The van der Waals surface area contributed by atoms with E-state index in [1.165, 1.54) is 218 Å². The van der Waals surface area contributed by atoms with Crippen molar-refractivity contribution in [1.82, 2.24) is 0 Å². The Bertz CT molecular complexity index is 2450. The first kappa shape index (κ1) is 107. The van der Waals surface area contributed by atoms with Gasteiger partial charge in [0.15, 0.2) is 6.10 Å². The molecule has 0 aromatic heterocycles. The smallest absolute Gasteiger partial charge is 0.463 e. The molecule has 0 bridgehead atoms. The van der Waals surface area contributed by atoms with Gasteiger partial charge in [-0.3, -0.25) is 32.5 Å². The zero-order valence-electron chi connectivity index (χ0n) is 70.9. The first-order chi connectivity index (χ1) is 54.2. The fourth-order valence-corrected chi connectivity index (χ4v) is 14.1. The number of hydrogen-bond donors (Lipinski definition) is 4. The molecule has 0 fully saturated rings. The lowest BCUT2D eigenvalue weighted by Gasteiger charge is -2.21. The van der Waals surface area contributed by atoms with Crippen LogP contribution in [0.3, 0.4) is 0 Å². The van der Waals surface area contributed by atoms with Gasteiger partial charge >= 0.3 is 33.6 Å². The highest BCUT2D eigenvalue weighted by atomic mass is 31.2. The maximum atomic E-state index is 13.0. The molecule has 0 rings (SSSR count). The number of allylic oxidation sites excluding steroid dienone is 18. The molecule has 0 aliphatic carbocycles. The van der Waals surface area contributed by atoms with Crippen molar-refractivity contribution in [3.63, 3.8) is 0 Å². The third-order valence-electron chi connectivity index (χ3n) is 19.4. The van der Waals surface area contributed by atoms with Crippen LogP contribution in [0.25, 0.3) is 0 Å². The van der Waals surface area contributed by atoms with E-state index in [2.05, 4.69) is 130 Å². The van der Waals surface area contributed by atoms with Gasteiger partial charge in [-0.2, -0.15) is 0 Å². The van der Waals surface area contributed by atoms with Crippen molar-refractivity contribution in [3.8, 4) is 0 Å². The molecule has 0 heterocycles. The second-order valence-electron chi connectivity index (χ2n) is 30.4. The highest BCUT2D eigenvalue weighted by Crippen LogP contribution is 2.45. The second-order valence-corrected chi connectivity index (χ2v) is 33.3. The van der Waals surface area contributed by atoms with E-state index in [0.29, 0.717) is 19.3 Å². The number of rotatable bonds is 86. The fourth-order valence-electron chi connectivity index (χ4n) is 12.5. The minimum Gasteiger partial charge on any atom is -0.463 e. The Labute approximate surface area is 679 Å². The number of hydrogen-bond acceptors (Lipinski definition) is 14. The lowest BCUT2D eigenvalue weighted by atomic mass is 10.0. The third-order valence-corrected chi connectivity index (χ3v) is 21.3. The highest BCUT2D eigenvalue weighted by Gasteiger charge is 2.29. The summed E-state index contributed by atoms with van der Waals surface area (Å²) in [7, 11) is -9.80. The number of aliphatic hydroxyl groups is 2. The molecule has 0 spiro atoms. The Morgan fingerprint density at radius 3 is 0.739 bits per heavy atom. The molecule has 5 unspecified atom stereocenters. The molecule has 5 atom stereocenters. The molecule has 16 nitrogen and oxygen atoms in total. The van der Waals surface area contributed by atoms with Gasteiger partial charge in [0.1, 0.15) is 25.4 Å².